The molecule has 5 nitrogen and oxygen atoms in total. The van der Waals surface area contributed by atoms with Gasteiger partial charge in [0.1, 0.15) is 5.76 Å². The molecule has 2 aliphatic carbocycles. The van der Waals surface area contributed by atoms with E-state index in [0.29, 0.717) is 5.92 Å². The molecule has 3 rings (SSSR count). The topological polar surface area (TPSA) is 67.2 Å². The van der Waals surface area contributed by atoms with Crippen LogP contribution in [0.2, 0.25) is 0 Å². The minimum Gasteiger partial charge on any atom is -0.361 e. The zero-order valence-electron chi connectivity index (χ0n) is 13.1. The van der Waals surface area contributed by atoms with Gasteiger partial charge in [-0.1, -0.05) is 11.6 Å². The number of hydrogen-bond acceptors (Lipinski definition) is 3. The van der Waals surface area contributed by atoms with E-state index in [1.54, 1.807) is 0 Å². The summed E-state index contributed by atoms with van der Waals surface area (Å²) in [5.74, 6) is 3.22. The van der Waals surface area contributed by atoms with Crippen molar-refractivity contribution in [3.8, 4) is 0 Å². The minimum absolute atomic E-state index is 0.0868. The quantitative estimate of drug-likeness (QED) is 0.895. The predicted octanol–water partition coefficient (Wildman–Crippen LogP) is 3.09. The number of nitrogens with zero attached hydrogens (tertiary/aromatic N) is 1. The molecule has 0 aliphatic heterocycles. The van der Waals surface area contributed by atoms with E-state index < -0.39 is 0 Å². The van der Waals surface area contributed by atoms with E-state index in [-0.39, 0.29) is 12.1 Å². The Morgan fingerprint density at radius 3 is 2.76 bits per heavy atom. The molecular formula is C16H25N3O2. The van der Waals surface area contributed by atoms with E-state index in [0.717, 1.165) is 35.4 Å². The molecule has 2 bridgehead atoms. The fraction of sp³-hybridized carbons (Fsp3) is 0.750. The van der Waals surface area contributed by atoms with Crippen molar-refractivity contribution in [2.24, 2.45) is 17.8 Å². The van der Waals surface area contributed by atoms with Crippen LogP contribution in [0.5, 0.6) is 0 Å². The monoisotopic (exact) mass is 291 g/mol. The number of urea groups is 1. The second-order valence-corrected chi connectivity index (χ2v) is 6.75. The van der Waals surface area contributed by atoms with Gasteiger partial charge in [0.2, 0.25) is 0 Å². The number of amides is 2. The Hall–Kier alpha value is -1.52. The summed E-state index contributed by atoms with van der Waals surface area (Å²) in [6, 6.07) is -0.179. The highest BCUT2D eigenvalue weighted by Gasteiger charge is 2.39. The molecule has 0 unspecified atom stereocenters. The first-order valence-corrected chi connectivity index (χ1v) is 8.01. The van der Waals surface area contributed by atoms with Crippen molar-refractivity contribution in [2.75, 3.05) is 6.54 Å². The van der Waals surface area contributed by atoms with Crippen molar-refractivity contribution < 1.29 is 9.32 Å². The third-order valence-electron chi connectivity index (χ3n) is 5.28. The average Bonchev–Trinajstić information content (AvgIpc) is 3.12. The number of aromatic nitrogens is 1. The number of fused-ring (bicyclic) bond motifs is 2. The maximum Gasteiger partial charge on any atom is 0.315 e. The lowest BCUT2D eigenvalue weighted by atomic mass is 9.89. The van der Waals surface area contributed by atoms with Crippen molar-refractivity contribution >= 4 is 6.03 Å². The molecule has 21 heavy (non-hydrogen) atoms. The van der Waals surface area contributed by atoms with Gasteiger partial charge in [0.05, 0.1) is 11.7 Å². The van der Waals surface area contributed by atoms with Gasteiger partial charge in [0, 0.05) is 12.1 Å². The van der Waals surface area contributed by atoms with Crippen LogP contribution in [0.15, 0.2) is 4.52 Å². The van der Waals surface area contributed by atoms with E-state index in [1.807, 2.05) is 20.8 Å². The Morgan fingerprint density at radius 1 is 1.38 bits per heavy atom. The SMILES string of the molecule is Cc1noc(C)c1[C@@H](C)NC(=O)NC[C@@H]1C[C@H]2CC[C@H]1C2. The number of rotatable bonds is 4. The Balaban J connectivity index is 1.48. The summed E-state index contributed by atoms with van der Waals surface area (Å²) in [5, 5.41) is 9.95. The van der Waals surface area contributed by atoms with Crippen LogP contribution in [0.25, 0.3) is 0 Å². The normalized spacial score (nSPS) is 28.6. The van der Waals surface area contributed by atoms with Gasteiger partial charge in [0.25, 0.3) is 0 Å². The fourth-order valence-electron chi connectivity index (χ4n) is 4.28. The molecule has 0 radical (unpaired) electrons. The van der Waals surface area contributed by atoms with E-state index in [4.69, 9.17) is 4.52 Å². The fourth-order valence-corrected chi connectivity index (χ4v) is 4.28. The summed E-state index contributed by atoms with van der Waals surface area (Å²) in [4.78, 5) is 12.1. The van der Waals surface area contributed by atoms with E-state index in [2.05, 4.69) is 15.8 Å². The van der Waals surface area contributed by atoms with Crippen LogP contribution in [0.4, 0.5) is 4.79 Å². The van der Waals surface area contributed by atoms with Gasteiger partial charge >= 0.3 is 6.03 Å². The first kappa shape index (κ1) is 14.4. The number of hydrogen-bond donors (Lipinski definition) is 2. The first-order valence-electron chi connectivity index (χ1n) is 8.01. The molecule has 0 spiro atoms. The summed E-state index contributed by atoms with van der Waals surface area (Å²) in [7, 11) is 0. The number of aryl methyl sites for hydroxylation is 2. The molecule has 2 N–H and O–H groups in total. The van der Waals surface area contributed by atoms with Crippen LogP contribution in [-0.4, -0.2) is 17.7 Å². The smallest absolute Gasteiger partial charge is 0.315 e. The van der Waals surface area contributed by atoms with Gasteiger partial charge < -0.3 is 15.2 Å². The van der Waals surface area contributed by atoms with Gasteiger partial charge in [-0.05, 0) is 57.8 Å². The summed E-state index contributed by atoms with van der Waals surface area (Å²) in [6.07, 6.45) is 5.43. The van der Waals surface area contributed by atoms with E-state index in [1.165, 1.54) is 25.7 Å². The van der Waals surface area contributed by atoms with Gasteiger partial charge in [-0.2, -0.15) is 0 Å². The largest absolute Gasteiger partial charge is 0.361 e. The molecule has 1 heterocycles. The van der Waals surface area contributed by atoms with Crippen LogP contribution in [-0.2, 0) is 0 Å². The van der Waals surface area contributed by atoms with Crippen LogP contribution in [0.1, 0.15) is 55.7 Å². The molecule has 0 saturated heterocycles. The zero-order valence-corrected chi connectivity index (χ0v) is 13.1. The molecule has 2 saturated carbocycles. The number of nitrogens with one attached hydrogen (secondary N) is 2. The molecule has 1 aromatic heterocycles. The maximum absolute atomic E-state index is 12.1. The van der Waals surface area contributed by atoms with Gasteiger partial charge in [-0.25, -0.2) is 4.79 Å². The molecule has 0 aromatic carbocycles. The van der Waals surface area contributed by atoms with Crippen molar-refractivity contribution in [3.05, 3.63) is 17.0 Å². The number of carbonyl (C=O) groups excluding carboxylic acids is 1. The lowest BCUT2D eigenvalue weighted by Crippen LogP contribution is -2.40. The standard InChI is InChI=1S/C16H25N3O2/c1-9(15-10(2)19-21-11(15)3)18-16(20)17-8-14-7-12-4-5-13(14)6-12/h9,12-14H,4-8H2,1-3H3,(H2,17,18,20)/t9-,12+,13+,14+/m1/s1. The lowest BCUT2D eigenvalue weighted by molar-refractivity contribution is 0.231. The van der Waals surface area contributed by atoms with Gasteiger partial charge in [-0.3, -0.25) is 0 Å². The van der Waals surface area contributed by atoms with Gasteiger partial charge in [-0.15, -0.1) is 0 Å². The second-order valence-electron chi connectivity index (χ2n) is 6.75. The molecule has 5 heteroatoms. The van der Waals surface area contributed by atoms with Crippen molar-refractivity contribution in [1.82, 2.24) is 15.8 Å². The Morgan fingerprint density at radius 2 is 2.19 bits per heavy atom. The summed E-state index contributed by atoms with van der Waals surface area (Å²) in [6.45, 7) is 6.54. The van der Waals surface area contributed by atoms with Crippen LogP contribution in [0.3, 0.4) is 0 Å². The van der Waals surface area contributed by atoms with E-state index >= 15 is 0 Å². The predicted molar refractivity (Wildman–Crippen MR) is 79.9 cm³/mol. The summed E-state index contributed by atoms with van der Waals surface area (Å²) >= 11 is 0. The second kappa shape index (κ2) is 5.70. The molecule has 2 amide bonds. The van der Waals surface area contributed by atoms with E-state index in [9.17, 15) is 4.79 Å². The highest BCUT2D eigenvalue weighted by Crippen LogP contribution is 2.47. The third kappa shape index (κ3) is 2.92. The Kier molecular flexibility index (Phi) is 3.91. The Labute approximate surface area is 125 Å². The lowest BCUT2D eigenvalue weighted by Gasteiger charge is -2.22. The molecule has 4 atom stereocenters. The van der Waals surface area contributed by atoms with Gasteiger partial charge in [0.15, 0.2) is 0 Å². The highest BCUT2D eigenvalue weighted by molar-refractivity contribution is 5.74. The van der Waals surface area contributed by atoms with Crippen LogP contribution in [0, 0.1) is 31.6 Å². The molecule has 1 aromatic rings. The van der Waals surface area contributed by atoms with Crippen LogP contribution < -0.4 is 10.6 Å². The Bertz CT molecular complexity index is 506. The molecule has 2 fully saturated rings. The van der Waals surface area contributed by atoms with Crippen molar-refractivity contribution in [3.63, 3.8) is 0 Å². The van der Waals surface area contributed by atoms with Crippen molar-refractivity contribution in [2.45, 2.75) is 52.5 Å². The van der Waals surface area contributed by atoms with Crippen LogP contribution >= 0.6 is 0 Å². The average molecular weight is 291 g/mol. The first-order chi connectivity index (χ1) is 10.0. The maximum atomic E-state index is 12.1. The number of carbonyl (C=O) groups is 1. The molecule has 116 valence electrons. The zero-order chi connectivity index (χ0) is 15.0. The summed E-state index contributed by atoms with van der Waals surface area (Å²) < 4.78 is 5.15. The highest BCUT2D eigenvalue weighted by atomic mass is 16.5. The van der Waals surface area contributed by atoms with Crippen molar-refractivity contribution in [1.29, 1.82) is 0 Å². The third-order valence-corrected chi connectivity index (χ3v) is 5.28. The summed E-state index contributed by atoms with van der Waals surface area (Å²) in [5.41, 5.74) is 1.82. The minimum atomic E-state index is -0.0923. The molecular weight excluding hydrogens is 266 g/mol. The molecule has 2 aliphatic rings.